The number of carbonyl (C=O) groups excluding carboxylic acids is 1. The molecule has 0 aliphatic carbocycles. The molecule has 0 saturated carbocycles. The van der Waals surface area contributed by atoms with Gasteiger partial charge in [-0.1, -0.05) is 19.9 Å². The van der Waals surface area contributed by atoms with Gasteiger partial charge < -0.3 is 10.0 Å². The van der Waals surface area contributed by atoms with Gasteiger partial charge in [-0.3, -0.25) is 9.89 Å². The Bertz CT molecular complexity index is 575. The summed E-state index contributed by atoms with van der Waals surface area (Å²) in [5, 5.41) is 17.0. The van der Waals surface area contributed by atoms with Crippen molar-refractivity contribution in [3.63, 3.8) is 0 Å². The molecule has 1 aromatic heterocycles. The Morgan fingerprint density at radius 1 is 1.40 bits per heavy atom. The number of nitrogens with zero attached hydrogens (tertiary/aromatic N) is 2. The standard InChI is InChI=1S/C15H21N3O2/c1-3-13(4-2)18(7-8-19)15(20)11-5-6-12-10-16-17-14(12)9-11/h5-6,9-10,13,19H,3-4,7-8H2,1-2H3,(H,16,17). The van der Waals surface area contributed by atoms with Gasteiger partial charge in [-0.05, 0) is 25.0 Å². The van der Waals surface area contributed by atoms with Gasteiger partial charge in [0.15, 0.2) is 0 Å². The highest BCUT2D eigenvalue weighted by Crippen LogP contribution is 2.17. The van der Waals surface area contributed by atoms with Crippen LogP contribution in [0.2, 0.25) is 0 Å². The van der Waals surface area contributed by atoms with Gasteiger partial charge in [-0.2, -0.15) is 5.10 Å². The number of benzene rings is 1. The largest absolute Gasteiger partial charge is 0.395 e. The number of carbonyl (C=O) groups is 1. The molecule has 0 spiro atoms. The van der Waals surface area contributed by atoms with Crippen LogP contribution in [0.25, 0.3) is 10.9 Å². The van der Waals surface area contributed by atoms with Crippen LogP contribution in [-0.2, 0) is 0 Å². The van der Waals surface area contributed by atoms with Crippen molar-refractivity contribution in [3.8, 4) is 0 Å². The van der Waals surface area contributed by atoms with Gasteiger partial charge in [0.05, 0.1) is 18.3 Å². The summed E-state index contributed by atoms with van der Waals surface area (Å²) in [5.74, 6) is -0.0377. The van der Waals surface area contributed by atoms with E-state index < -0.39 is 0 Å². The van der Waals surface area contributed by atoms with Crippen molar-refractivity contribution < 1.29 is 9.90 Å². The summed E-state index contributed by atoms with van der Waals surface area (Å²) < 4.78 is 0. The SMILES string of the molecule is CCC(CC)N(CCO)C(=O)c1ccc2cn[nH]c2c1. The fourth-order valence-corrected chi connectivity index (χ4v) is 2.52. The van der Waals surface area contributed by atoms with Crippen molar-refractivity contribution in [3.05, 3.63) is 30.0 Å². The molecule has 2 N–H and O–H groups in total. The van der Waals surface area contributed by atoms with Crippen molar-refractivity contribution >= 4 is 16.8 Å². The molecule has 2 aromatic rings. The zero-order chi connectivity index (χ0) is 14.5. The highest BCUT2D eigenvalue weighted by atomic mass is 16.3. The van der Waals surface area contributed by atoms with E-state index in [2.05, 4.69) is 24.0 Å². The summed E-state index contributed by atoms with van der Waals surface area (Å²) in [5.41, 5.74) is 1.48. The van der Waals surface area contributed by atoms with Crippen LogP contribution in [0.1, 0.15) is 37.0 Å². The highest BCUT2D eigenvalue weighted by Gasteiger charge is 2.22. The molecule has 5 heteroatoms. The third kappa shape index (κ3) is 2.82. The lowest BCUT2D eigenvalue weighted by atomic mass is 10.1. The second-order valence-corrected chi connectivity index (χ2v) is 4.86. The Morgan fingerprint density at radius 2 is 2.15 bits per heavy atom. The van der Waals surface area contributed by atoms with Crippen molar-refractivity contribution in [2.75, 3.05) is 13.2 Å². The van der Waals surface area contributed by atoms with Crippen LogP contribution in [0.4, 0.5) is 0 Å². The molecule has 108 valence electrons. The molecule has 0 saturated heterocycles. The van der Waals surface area contributed by atoms with E-state index >= 15 is 0 Å². The Kier molecular flexibility index (Phi) is 4.74. The number of amides is 1. The molecule has 5 nitrogen and oxygen atoms in total. The van der Waals surface area contributed by atoms with Gasteiger partial charge in [0.25, 0.3) is 5.91 Å². The van der Waals surface area contributed by atoms with E-state index in [1.54, 1.807) is 11.1 Å². The number of hydrogen-bond acceptors (Lipinski definition) is 3. The lowest BCUT2D eigenvalue weighted by Crippen LogP contribution is -2.41. The number of nitrogens with one attached hydrogen (secondary N) is 1. The van der Waals surface area contributed by atoms with Crippen LogP contribution in [-0.4, -0.2) is 45.3 Å². The smallest absolute Gasteiger partial charge is 0.254 e. The monoisotopic (exact) mass is 275 g/mol. The van der Waals surface area contributed by atoms with E-state index in [9.17, 15) is 9.90 Å². The number of H-pyrrole nitrogens is 1. The van der Waals surface area contributed by atoms with Gasteiger partial charge in [0.2, 0.25) is 0 Å². The predicted octanol–water partition coefficient (Wildman–Crippen LogP) is 2.19. The zero-order valence-corrected chi connectivity index (χ0v) is 12.0. The van der Waals surface area contributed by atoms with E-state index in [1.807, 2.05) is 18.2 Å². The fraction of sp³-hybridized carbons (Fsp3) is 0.467. The van der Waals surface area contributed by atoms with Crippen LogP contribution >= 0.6 is 0 Å². The summed E-state index contributed by atoms with van der Waals surface area (Å²) in [6.07, 6.45) is 3.50. The maximum absolute atomic E-state index is 12.6. The van der Waals surface area contributed by atoms with Crippen LogP contribution in [0.5, 0.6) is 0 Å². The summed E-state index contributed by atoms with van der Waals surface area (Å²) in [4.78, 5) is 14.4. The molecule has 1 amide bonds. The Labute approximate surface area is 118 Å². The number of aliphatic hydroxyl groups is 1. The topological polar surface area (TPSA) is 69.2 Å². The van der Waals surface area contributed by atoms with Gasteiger partial charge >= 0.3 is 0 Å². The van der Waals surface area contributed by atoms with Crippen molar-refractivity contribution in [1.82, 2.24) is 15.1 Å². The molecule has 2 rings (SSSR count). The number of rotatable bonds is 6. The minimum Gasteiger partial charge on any atom is -0.395 e. The molecule has 1 aromatic carbocycles. The molecule has 0 radical (unpaired) electrons. The third-order valence-electron chi connectivity index (χ3n) is 3.67. The summed E-state index contributed by atoms with van der Waals surface area (Å²) in [6, 6.07) is 5.67. The first-order valence-corrected chi connectivity index (χ1v) is 7.06. The lowest BCUT2D eigenvalue weighted by Gasteiger charge is -2.30. The van der Waals surface area contributed by atoms with Gasteiger partial charge in [-0.25, -0.2) is 0 Å². The molecule has 0 fully saturated rings. The van der Waals surface area contributed by atoms with E-state index in [4.69, 9.17) is 0 Å². The highest BCUT2D eigenvalue weighted by molar-refractivity contribution is 5.97. The Morgan fingerprint density at radius 3 is 2.80 bits per heavy atom. The van der Waals surface area contributed by atoms with Gasteiger partial charge in [-0.15, -0.1) is 0 Å². The number of aromatic amines is 1. The molecule has 0 atom stereocenters. The summed E-state index contributed by atoms with van der Waals surface area (Å²) in [7, 11) is 0. The molecule has 0 bridgehead atoms. The molecule has 0 aliphatic rings. The molecule has 20 heavy (non-hydrogen) atoms. The second-order valence-electron chi connectivity index (χ2n) is 4.86. The first kappa shape index (κ1) is 14.5. The maximum atomic E-state index is 12.6. The number of hydrogen-bond donors (Lipinski definition) is 2. The van der Waals surface area contributed by atoms with E-state index in [0.29, 0.717) is 12.1 Å². The number of fused-ring (bicyclic) bond motifs is 1. The summed E-state index contributed by atoms with van der Waals surface area (Å²) >= 11 is 0. The Hall–Kier alpha value is -1.88. The van der Waals surface area contributed by atoms with Crippen LogP contribution in [0.15, 0.2) is 24.4 Å². The normalized spacial score (nSPS) is 11.2. The molecule has 0 aliphatic heterocycles. The molecule has 0 unspecified atom stereocenters. The minimum atomic E-state index is -0.0377. The summed E-state index contributed by atoms with van der Waals surface area (Å²) in [6.45, 7) is 4.47. The van der Waals surface area contributed by atoms with Gasteiger partial charge in [0, 0.05) is 23.5 Å². The van der Waals surface area contributed by atoms with Crippen molar-refractivity contribution in [2.45, 2.75) is 32.7 Å². The quantitative estimate of drug-likeness (QED) is 0.849. The average Bonchev–Trinajstić information content (AvgIpc) is 2.94. The first-order valence-electron chi connectivity index (χ1n) is 7.06. The second kappa shape index (κ2) is 6.52. The van der Waals surface area contributed by atoms with E-state index in [1.165, 1.54) is 0 Å². The van der Waals surface area contributed by atoms with Gasteiger partial charge in [0.1, 0.15) is 0 Å². The van der Waals surface area contributed by atoms with E-state index in [-0.39, 0.29) is 18.6 Å². The molecule has 1 heterocycles. The molecular weight excluding hydrogens is 254 g/mol. The predicted molar refractivity (Wildman–Crippen MR) is 78.6 cm³/mol. The molecular formula is C15H21N3O2. The zero-order valence-electron chi connectivity index (χ0n) is 12.0. The first-order chi connectivity index (χ1) is 9.71. The fourth-order valence-electron chi connectivity index (χ4n) is 2.52. The minimum absolute atomic E-state index is 0.0193. The van der Waals surface area contributed by atoms with Crippen molar-refractivity contribution in [2.24, 2.45) is 0 Å². The lowest BCUT2D eigenvalue weighted by molar-refractivity contribution is 0.0622. The van der Waals surface area contributed by atoms with Crippen LogP contribution < -0.4 is 0 Å². The van der Waals surface area contributed by atoms with Crippen LogP contribution in [0.3, 0.4) is 0 Å². The maximum Gasteiger partial charge on any atom is 0.254 e. The average molecular weight is 275 g/mol. The van der Waals surface area contributed by atoms with Crippen molar-refractivity contribution in [1.29, 1.82) is 0 Å². The van der Waals surface area contributed by atoms with E-state index in [0.717, 1.165) is 23.7 Å². The Balaban J connectivity index is 2.29. The third-order valence-corrected chi connectivity index (χ3v) is 3.67. The van der Waals surface area contributed by atoms with Crippen LogP contribution in [0, 0.1) is 0 Å². The number of aliphatic hydroxyl groups excluding tert-OH is 1. The number of aromatic nitrogens is 2.